The third kappa shape index (κ3) is 8.98. The van der Waals surface area contributed by atoms with E-state index in [9.17, 15) is 0 Å². The molecule has 0 unspecified atom stereocenters. The van der Waals surface area contributed by atoms with Crippen molar-refractivity contribution in [3.63, 3.8) is 0 Å². The molecule has 11 rings (SSSR count). The molecule has 356 valence electrons. The molecule has 72 heavy (non-hydrogen) atoms. The van der Waals surface area contributed by atoms with Crippen LogP contribution in [0.3, 0.4) is 0 Å². The average Bonchev–Trinajstić information content (AvgIpc) is 3.92. The van der Waals surface area contributed by atoms with Gasteiger partial charge in [-0.3, -0.25) is 0 Å². The summed E-state index contributed by atoms with van der Waals surface area (Å²) in [5.74, 6) is 1.99. The van der Waals surface area contributed by atoms with Gasteiger partial charge >= 0.3 is 32.8 Å². The molecule has 0 aliphatic carbocycles. The smallest absolute Gasteiger partial charge is 0.509 e. The first-order chi connectivity index (χ1) is 34.1. The van der Waals surface area contributed by atoms with E-state index in [1.165, 1.54) is 16.7 Å². The SMILES string of the molecule is CC(C)(C)c1cccc(-c2cccc3c2[N+](c2c(-c4ccccc4)cccc2-c2ccccc2)=C=[N+]3c2[c-]c(Oc3[c-]c4c(cc3)c3cc(C(C)(C)C)ccc3n4-c3cc(C(C)(C)C)ccn3)ccc2)c1.[Pt+2]. The fraction of sp³-hybridized carbons (Fsp3) is 0.182. The van der Waals surface area contributed by atoms with Crippen molar-refractivity contribution >= 4 is 50.6 Å². The van der Waals surface area contributed by atoms with Gasteiger partial charge in [0.2, 0.25) is 5.69 Å². The summed E-state index contributed by atoms with van der Waals surface area (Å²) in [6.07, 6.45) is 1.91. The van der Waals surface area contributed by atoms with Gasteiger partial charge in [-0.2, -0.15) is 12.1 Å². The molecule has 10 aromatic rings. The Labute approximate surface area is 438 Å². The number of nitrogens with zero attached hydrogens (tertiary/aromatic N) is 4. The predicted octanol–water partition coefficient (Wildman–Crippen LogP) is 17.3. The largest absolute Gasteiger partial charge is 2.00 e. The van der Waals surface area contributed by atoms with E-state index in [1.807, 2.05) is 24.4 Å². The Bertz CT molecular complexity index is 3710. The molecule has 0 saturated carbocycles. The number of hydrogen-bond donors (Lipinski definition) is 0. The van der Waals surface area contributed by atoms with E-state index < -0.39 is 0 Å². The summed E-state index contributed by atoms with van der Waals surface area (Å²) >= 11 is 0. The van der Waals surface area contributed by atoms with E-state index in [2.05, 4.69) is 258 Å². The Kier molecular flexibility index (Phi) is 12.5. The van der Waals surface area contributed by atoms with Crippen molar-refractivity contribution in [3.8, 4) is 50.7 Å². The molecule has 6 heteroatoms. The van der Waals surface area contributed by atoms with E-state index >= 15 is 0 Å². The fourth-order valence-corrected chi connectivity index (χ4v) is 9.81. The molecule has 0 radical (unpaired) electrons. The maximum absolute atomic E-state index is 6.81. The summed E-state index contributed by atoms with van der Waals surface area (Å²) < 4.78 is 13.4. The number of pyridine rings is 1. The standard InChI is InChI=1S/C66H58N4O.Pt/c1-64(2,3)47-25-16-24-46(38-47)55-30-19-31-59-63(55)69(62-53(44-20-12-10-13-21-44)28-18-29-54(62)45-22-14-11-15-23-45)43-68(59)50-26-17-27-51(41-50)71-52-33-34-56-57-39-48(65(4,5)6)32-35-58(57)70(60(56)42-52)61-40-49(36-37-67-61)66(7,8)9;/h10-40H,1-9H3;/q;+2. The molecule has 0 N–H and O–H groups in total. The van der Waals surface area contributed by atoms with E-state index in [0.717, 1.165) is 83.8 Å². The number of ether oxygens (including phenoxy) is 1. The zero-order chi connectivity index (χ0) is 49.2. The second-order valence-corrected chi connectivity index (χ2v) is 21.8. The molecule has 0 atom stereocenters. The predicted molar refractivity (Wildman–Crippen MR) is 296 cm³/mol. The molecule has 0 amide bonds. The molecule has 3 heterocycles. The van der Waals surface area contributed by atoms with Crippen molar-refractivity contribution in [1.29, 1.82) is 0 Å². The van der Waals surface area contributed by atoms with Crippen molar-refractivity contribution in [2.24, 2.45) is 0 Å². The Morgan fingerprint density at radius 1 is 0.472 bits per heavy atom. The maximum atomic E-state index is 6.81. The van der Waals surface area contributed by atoms with Crippen LogP contribution in [-0.2, 0) is 37.3 Å². The van der Waals surface area contributed by atoms with Crippen LogP contribution in [0.1, 0.15) is 79.0 Å². The normalized spacial score (nSPS) is 12.6. The molecule has 0 bridgehead atoms. The van der Waals surface area contributed by atoms with Crippen LogP contribution in [-0.4, -0.2) is 15.6 Å². The molecule has 2 aromatic heterocycles. The number of benzene rings is 8. The van der Waals surface area contributed by atoms with Crippen LogP contribution in [0.5, 0.6) is 11.5 Å². The minimum atomic E-state index is -0.0508. The van der Waals surface area contributed by atoms with Crippen molar-refractivity contribution < 1.29 is 25.8 Å². The summed E-state index contributed by atoms with van der Waals surface area (Å²) in [5.41, 5.74) is 16.2. The van der Waals surface area contributed by atoms with E-state index in [-0.39, 0.29) is 37.3 Å². The van der Waals surface area contributed by atoms with Crippen molar-refractivity contribution in [2.45, 2.75) is 78.6 Å². The molecule has 0 spiro atoms. The van der Waals surface area contributed by atoms with Crippen LogP contribution >= 0.6 is 0 Å². The van der Waals surface area contributed by atoms with Gasteiger partial charge in [0.05, 0.1) is 16.7 Å². The average molecular weight is 1120 g/mol. The van der Waals surface area contributed by atoms with Crippen LogP contribution in [0.4, 0.5) is 22.7 Å². The van der Waals surface area contributed by atoms with Gasteiger partial charge in [0.1, 0.15) is 11.5 Å². The summed E-state index contributed by atoms with van der Waals surface area (Å²) in [7, 11) is 0. The molecule has 1 aliphatic heterocycles. The van der Waals surface area contributed by atoms with Crippen LogP contribution in [0.25, 0.3) is 61.0 Å². The zero-order valence-corrected chi connectivity index (χ0v) is 44.7. The summed E-state index contributed by atoms with van der Waals surface area (Å²) in [4.78, 5) is 4.95. The topological polar surface area (TPSA) is 33.1 Å². The number of aromatic nitrogens is 2. The Balaban J connectivity index is 0.00000596. The van der Waals surface area contributed by atoms with Crippen LogP contribution in [0.15, 0.2) is 188 Å². The fourth-order valence-electron chi connectivity index (χ4n) is 9.81. The van der Waals surface area contributed by atoms with Gasteiger partial charge in [-0.05, 0) is 96.0 Å². The van der Waals surface area contributed by atoms with Crippen LogP contribution in [0, 0.1) is 12.1 Å². The second-order valence-electron chi connectivity index (χ2n) is 21.8. The van der Waals surface area contributed by atoms with Gasteiger partial charge < -0.3 is 9.30 Å². The number of rotatable bonds is 8. The minimum Gasteiger partial charge on any atom is -0.509 e. The third-order valence-corrected chi connectivity index (χ3v) is 13.7. The van der Waals surface area contributed by atoms with Crippen LogP contribution < -0.4 is 13.9 Å². The molecule has 1 aliphatic rings. The Morgan fingerprint density at radius 2 is 1.04 bits per heavy atom. The second kappa shape index (κ2) is 18.6. The van der Waals surface area contributed by atoms with Gasteiger partial charge in [0.15, 0.2) is 0 Å². The first-order valence-corrected chi connectivity index (χ1v) is 24.6. The van der Waals surface area contributed by atoms with Crippen molar-refractivity contribution in [1.82, 2.24) is 18.7 Å². The van der Waals surface area contributed by atoms with Gasteiger partial charge in [0, 0.05) is 29.3 Å². The van der Waals surface area contributed by atoms with Crippen LogP contribution in [0.2, 0.25) is 0 Å². The van der Waals surface area contributed by atoms with Gasteiger partial charge in [-0.25, -0.2) is 4.98 Å². The summed E-state index contributed by atoms with van der Waals surface area (Å²) in [5, 5.41) is 2.25. The summed E-state index contributed by atoms with van der Waals surface area (Å²) in [6.45, 7) is 20.3. The van der Waals surface area contributed by atoms with Gasteiger partial charge in [-0.1, -0.05) is 194 Å². The number of fused-ring (bicyclic) bond motifs is 4. The molecule has 8 aromatic carbocycles. The van der Waals surface area contributed by atoms with E-state index in [4.69, 9.17) is 9.72 Å². The van der Waals surface area contributed by atoms with Gasteiger partial charge in [0.25, 0.3) is 5.69 Å². The summed E-state index contributed by atoms with van der Waals surface area (Å²) in [6, 6.07) is 76.1. The first kappa shape index (κ1) is 48.2. The van der Waals surface area contributed by atoms with Crippen molar-refractivity contribution in [3.05, 3.63) is 217 Å². The minimum absolute atomic E-state index is 0. The first-order valence-electron chi connectivity index (χ1n) is 24.6. The molecular weight excluding hydrogens is 1060 g/mol. The number of hydrogen-bond acceptors (Lipinski definition) is 2. The quantitative estimate of drug-likeness (QED) is 0.112. The monoisotopic (exact) mass is 1120 g/mol. The maximum Gasteiger partial charge on any atom is 2.00 e. The Hall–Kier alpha value is -7.42. The third-order valence-electron chi connectivity index (χ3n) is 13.7. The molecule has 0 saturated heterocycles. The van der Waals surface area contributed by atoms with E-state index in [1.54, 1.807) is 0 Å². The van der Waals surface area contributed by atoms with Gasteiger partial charge in [-0.15, -0.1) is 23.6 Å². The molecular formula is C66H58N4OPt+2. The Morgan fingerprint density at radius 3 is 1.71 bits per heavy atom. The zero-order valence-electron chi connectivity index (χ0n) is 42.4. The van der Waals surface area contributed by atoms with Crippen molar-refractivity contribution in [2.75, 3.05) is 0 Å². The van der Waals surface area contributed by atoms with E-state index in [0.29, 0.717) is 11.5 Å². The molecule has 0 fully saturated rings. The molecule has 5 nitrogen and oxygen atoms in total. The number of para-hydroxylation sites is 2.